The Hall–Kier alpha value is -3.44. The fourth-order valence-electron chi connectivity index (χ4n) is 3.22. The normalized spacial score (nSPS) is 24.6. The standard InChI is InChI=1S/C24H26O10/c1-13(25)15-6-9-17(18(11-15)31-2)33-24-23(30)22(29)21(28)19(34-24)12-32-20(27)10-5-14-3-7-16(26)8-4-14/h3-11,19,21-24,26,28-30H,12H2,1-2H3/b10-5+/t19-,21+,22+,23-,24-/m1/s1. The first-order valence-electron chi connectivity index (χ1n) is 10.4. The summed E-state index contributed by atoms with van der Waals surface area (Å²) in [4.78, 5) is 23.6. The van der Waals surface area contributed by atoms with Crippen molar-refractivity contribution in [3.05, 3.63) is 59.7 Å². The van der Waals surface area contributed by atoms with Crippen molar-refractivity contribution < 1.29 is 49.0 Å². The van der Waals surface area contributed by atoms with Crippen LogP contribution in [0, 0.1) is 0 Å². The van der Waals surface area contributed by atoms with Crippen LogP contribution < -0.4 is 9.47 Å². The first-order chi connectivity index (χ1) is 16.2. The first-order valence-corrected chi connectivity index (χ1v) is 10.4. The van der Waals surface area contributed by atoms with Gasteiger partial charge in [0.2, 0.25) is 6.29 Å². The Bertz CT molecular complexity index is 1030. The van der Waals surface area contributed by atoms with E-state index in [1.807, 2.05) is 0 Å². The lowest BCUT2D eigenvalue weighted by Crippen LogP contribution is -2.60. The predicted octanol–water partition coefficient (Wildman–Crippen LogP) is 1.05. The molecule has 2 aromatic carbocycles. The van der Waals surface area contributed by atoms with Crippen LogP contribution in [0.1, 0.15) is 22.8 Å². The number of benzene rings is 2. The van der Waals surface area contributed by atoms with Gasteiger partial charge >= 0.3 is 5.97 Å². The molecule has 1 fully saturated rings. The summed E-state index contributed by atoms with van der Waals surface area (Å²) >= 11 is 0. The Labute approximate surface area is 195 Å². The number of aliphatic hydroxyl groups excluding tert-OH is 3. The second kappa shape index (κ2) is 11.1. The van der Waals surface area contributed by atoms with E-state index in [4.69, 9.17) is 18.9 Å². The van der Waals surface area contributed by atoms with E-state index < -0.39 is 43.3 Å². The number of phenols is 1. The summed E-state index contributed by atoms with van der Waals surface area (Å²) in [6.45, 7) is 0.969. The minimum atomic E-state index is -1.64. The minimum Gasteiger partial charge on any atom is -0.508 e. The van der Waals surface area contributed by atoms with Crippen LogP contribution in [0.4, 0.5) is 0 Å². The molecule has 0 spiro atoms. The molecule has 1 heterocycles. The SMILES string of the molecule is COc1cc(C(C)=O)ccc1O[C@@H]1O[C@H](COC(=O)/C=C/c2ccc(O)cc2)[C@H](O)[C@H](O)[C@H]1O. The van der Waals surface area contributed by atoms with Crippen molar-refractivity contribution in [2.45, 2.75) is 37.6 Å². The van der Waals surface area contributed by atoms with Gasteiger partial charge < -0.3 is 39.4 Å². The van der Waals surface area contributed by atoms with E-state index in [0.717, 1.165) is 6.08 Å². The molecule has 0 aromatic heterocycles. The summed E-state index contributed by atoms with van der Waals surface area (Å²) in [7, 11) is 1.37. The van der Waals surface area contributed by atoms with E-state index in [2.05, 4.69) is 0 Å². The monoisotopic (exact) mass is 474 g/mol. The van der Waals surface area contributed by atoms with Crippen molar-refractivity contribution in [2.24, 2.45) is 0 Å². The molecular formula is C24H26O10. The maximum atomic E-state index is 12.0. The van der Waals surface area contributed by atoms with Gasteiger partial charge in [0, 0.05) is 11.6 Å². The third-order valence-corrected chi connectivity index (χ3v) is 5.18. The molecule has 10 nitrogen and oxygen atoms in total. The zero-order valence-corrected chi connectivity index (χ0v) is 18.5. The largest absolute Gasteiger partial charge is 0.508 e. The number of aromatic hydroxyl groups is 1. The minimum absolute atomic E-state index is 0.0908. The molecule has 1 aliphatic heterocycles. The molecule has 34 heavy (non-hydrogen) atoms. The van der Waals surface area contributed by atoms with Crippen LogP contribution in [0.2, 0.25) is 0 Å². The number of Topliss-reactive ketones (excluding diaryl/α,β-unsaturated/α-hetero) is 1. The molecule has 1 aliphatic rings. The Morgan fingerprint density at radius 2 is 1.71 bits per heavy atom. The number of ketones is 1. The van der Waals surface area contributed by atoms with Gasteiger partial charge in [0.05, 0.1) is 7.11 Å². The Morgan fingerprint density at radius 1 is 1.00 bits per heavy atom. The zero-order chi connectivity index (χ0) is 24.8. The average molecular weight is 474 g/mol. The highest BCUT2D eigenvalue weighted by Gasteiger charge is 2.45. The second-order valence-electron chi connectivity index (χ2n) is 7.61. The van der Waals surface area contributed by atoms with Crippen molar-refractivity contribution in [1.82, 2.24) is 0 Å². The van der Waals surface area contributed by atoms with E-state index >= 15 is 0 Å². The zero-order valence-electron chi connectivity index (χ0n) is 18.5. The number of carbonyl (C=O) groups is 2. The summed E-state index contributed by atoms with van der Waals surface area (Å²) in [6.07, 6.45) is -4.80. The van der Waals surface area contributed by atoms with Crippen molar-refractivity contribution in [3.63, 3.8) is 0 Å². The van der Waals surface area contributed by atoms with Crippen LogP contribution in [0.5, 0.6) is 17.2 Å². The van der Waals surface area contributed by atoms with E-state index in [9.17, 15) is 30.0 Å². The fourth-order valence-corrected chi connectivity index (χ4v) is 3.22. The summed E-state index contributed by atoms with van der Waals surface area (Å²) in [6, 6.07) is 10.5. The van der Waals surface area contributed by atoms with Crippen LogP contribution in [0.25, 0.3) is 6.08 Å². The number of hydrogen-bond acceptors (Lipinski definition) is 10. The summed E-state index contributed by atoms with van der Waals surface area (Å²) in [5.41, 5.74) is 1.04. The highest BCUT2D eigenvalue weighted by atomic mass is 16.7. The van der Waals surface area contributed by atoms with Crippen molar-refractivity contribution in [2.75, 3.05) is 13.7 Å². The summed E-state index contributed by atoms with van der Waals surface area (Å²) in [5.74, 6) is -0.491. The molecule has 0 saturated carbocycles. The third-order valence-electron chi connectivity index (χ3n) is 5.18. The number of rotatable bonds is 8. The molecule has 0 unspecified atom stereocenters. The lowest BCUT2D eigenvalue weighted by atomic mass is 9.99. The van der Waals surface area contributed by atoms with Crippen LogP contribution in [-0.4, -0.2) is 76.6 Å². The summed E-state index contributed by atoms with van der Waals surface area (Å²) < 4.78 is 21.5. The molecule has 2 aromatic rings. The Balaban J connectivity index is 1.64. The lowest BCUT2D eigenvalue weighted by Gasteiger charge is -2.40. The van der Waals surface area contributed by atoms with Gasteiger partial charge in [-0.05, 0) is 48.9 Å². The molecule has 182 valence electrons. The quantitative estimate of drug-likeness (QED) is 0.248. The maximum Gasteiger partial charge on any atom is 0.330 e. The molecule has 4 N–H and O–H groups in total. The highest BCUT2D eigenvalue weighted by molar-refractivity contribution is 5.94. The van der Waals surface area contributed by atoms with Gasteiger partial charge in [-0.25, -0.2) is 4.79 Å². The van der Waals surface area contributed by atoms with Crippen molar-refractivity contribution in [3.8, 4) is 17.2 Å². The van der Waals surface area contributed by atoms with Gasteiger partial charge in [-0.1, -0.05) is 12.1 Å². The van der Waals surface area contributed by atoms with Gasteiger partial charge in [-0.2, -0.15) is 0 Å². The molecule has 5 atom stereocenters. The van der Waals surface area contributed by atoms with Gasteiger partial charge in [-0.15, -0.1) is 0 Å². The van der Waals surface area contributed by atoms with Gasteiger partial charge in [0.1, 0.15) is 36.8 Å². The molecule has 0 amide bonds. The van der Waals surface area contributed by atoms with Crippen molar-refractivity contribution >= 4 is 17.8 Å². The Morgan fingerprint density at radius 3 is 2.35 bits per heavy atom. The van der Waals surface area contributed by atoms with Crippen molar-refractivity contribution in [1.29, 1.82) is 0 Å². The molecule has 0 radical (unpaired) electrons. The van der Waals surface area contributed by atoms with Crippen LogP contribution in [-0.2, 0) is 14.3 Å². The number of phenolic OH excluding ortho intramolecular Hbond substituents is 1. The maximum absolute atomic E-state index is 12.0. The number of hydrogen-bond donors (Lipinski definition) is 4. The molecule has 3 rings (SSSR count). The average Bonchev–Trinajstić information content (AvgIpc) is 2.83. The first kappa shape index (κ1) is 25.2. The molecule has 10 heteroatoms. The topological polar surface area (TPSA) is 152 Å². The fraction of sp³-hybridized carbons (Fsp3) is 0.333. The van der Waals surface area contributed by atoms with Gasteiger partial charge in [-0.3, -0.25) is 4.79 Å². The Kier molecular flexibility index (Phi) is 8.24. The van der Waals surface area contributed by atoms with E-state index in [1.165, 1.54) is 50.4 Å². The molecule has 0 aliphatic carbocycles. The van der Waals surface area contributed by atoms with Crippen LogP contribution in [0.3, 0.4) is 0 Å². The third kappa shape index (κ3) is 6.12. The highest BCUT2D eigenvalue weighted by Crippen LogP contribution is 2.32. The number of aliphatic hydroxyl groups is 3. The smallest absolute Gasteiger partial charge is 0.330 e. The van der Waals surface area contributed by atoms with E-state index in [0.29, 0.717) is 11.1 Å². The number of esters is 1. The number of ether oxygens (including phenoxy) is 4. The van der Waals surface area contributed by atoms with E-state index in [-0.39, 0.29) is 23.0 Å². The number of methoxy groups -OCH3 is 1. The van der Waals surface area contributed by atoms with E-state index in [1.54, 1.807) is 12.1 Å². The summed E-state index contributed by atoms with van der Waals surface area (Å²) in [5, 5.41) is 40.1. The lowest BCUT2D eigenvalue weighted by molar-refractivity contribution is -0.278. The van der Waals surface area contributed by atoms with Crippen LogP contribution in [0.15, 0.2) is 48.5 Å². The molecular weight excluding hydrogens is 448 g/mol. The van der Waals surface area contributed by atoms with Crippen LogP contribution >= 0.6 is 0 Å². The second-order valence-corrected chi connectivity index (χ2v) is 7.61. The van der Waals surface area contributed by atoms with Gasteiger partial charge in [0.25, 0.3) is 0 Å². The predicted molar refractivity (Wildman–Crippen MR) is 118 cm³/mol. The van der Waals surface area contributed by atoms with Gasteiger partial charge in [0.15, 0.2) is 17.3 Å². The molecule has 0 bridgehead atoms. The molecule has 1 saturated heterocycles. The number of carbonyl (C=O) groups excluding carboxylic acids is 2.